The highest BCUT2D eigenvalue weighted by Crippen LogP contribution is 2.40. The lowest BCUT2D eigenvalue weighted by Crippen LogP contribution is -2.46. The molecule has 8 heteroatoms. The van der Waals surface area contributed by atoms with E-state index in [9.17, 15) is 9.59 Å². The van der Waals surface area contributed by atoms with Gasteiger partial charge in [-0.3, -0.25) is 4.79 Å². The molecular weight excluding hydrogens is 372 g/mol. The Kier molecular flexibility index (Phi) is 5.59. The number of nitrogens with one attached hydrogen (secondary N) is 1. The first-order chi connectivity index (χ1) is 14.1. The first-order valence-electron chi connectivity index (χ1n) is 9.82. The normalized spacial score (nSPS) is 23.3. The summed E-state index contributed by atoms with van der Waals surface area (Å²) in [7, 11) is 1.34. The summed E-state index contributed by atoms with van der Waals surface area (Å²) < 4.78 is 9.88. The van der Waals surface area contributed by atoms with Crippen LogP contribution in [0.4, 0.5) is 5.95 Å². The van der Waals surface area contributed by atoms with Crippen molar-refractivity contribution >= 4 is 23.9 Å². The predicted molar refractivity (Wildman–Crippen MR) is 106 cm³/mol. The van der Waals surface area contributed by atoms with Gasteiger partial charge in [-0.05, 0) is 49.8 Å². The number of carbonyl (C=O) groups is 2. The van der Waals surface area contributed by atoms with E-state index in [2.05, 4.69) is 20.2 Å². The van der Waals surface area contributed by atoms with Gasteiger partial charge in [-0.1, -0.05) is 0 Å². The highest BCUT2D eigenvalue weighted by molar-refractivity contribution is 5.91. The molecule has 0 aliphatic carbocycles. The number of carbonyl (C=O) groups excluding carboxylic acids is 2. The molecule has 2 aliphatic rings. The van der Waals surface area contributed by atoms with E-state index in [4.69, 9.17) is 9.15 Å². The highest BCUT2D eigenvalue weighted by Gasteiger charge is 2.41. The fourth-order valence-corrected chi connectivity index (χ4v) is 4.31. The number of piperidine rings is 1. The average Bonchev–Trinajstić information content (AvgIpc) is 3.36. The van der Waals surface area contributed by atoms with Crippen LogP contribution in [0.2, 0.25) is 0 Å². The number of ether oxygens (including phenoxy) is 1. The molecule has 4 rings (SSSR count). The Labute approximate surface area is 169 Å². The van der Waals surface area contributed by atoms with Gasteiger partial charge in [-0.2, -0.15) is 0 Å². The lowest BCUT2D eigenvalue weighted by atomic mass is 9.91. The second-order valence-corrected chi connectivity index (χ2v) is 7.49. The molecule has 2 aromatic heterocycles. The van der Waals surface area contributed by atoms with Crippen molar-refractivity contribution in [3.05, 3.63) is 48.2 Å². The molecule has 2 aliphatic heterocycles. The zero-order chi connectivity index (χ0) is 20.2. The molecule has 3 atom stereocenters. The summed E-state index contributed by atoms with van der Waals surface area (Å²) in [5.74, 6) is 1.20. The Hall–Kier alpha value is -3.16. The zero-order valence-electron chi connectivity index (χ0n) is 16.3. The van der Waals surface area contributed by atoms with Gasteiger partial charge in [0.05, 0.1) is 18.9 Å². The second-order valence-electron chi connectivity index (χ2n) is 7.49. The molecule has 1 unspecified atom stereocenters. The molecular formula is C21H24N4O4. The van der Waals surface area contributed by atoms with Crippen molar-refractivity contribution in [1.29, 1.82) is 0 Å². The SMILES string of the molecule is COC(=O)c1cnc(N2[C@@H]3CC[C@H]2CC(CNC(=O)C=Cc2ccco2)C3)nc1. The molecule has 2 fully saturated rings. The molecule has 0 radical (unpaired) electrons. The van der Waals surface area contributed by atoms with Crippen LogP contribution in [-0.2, 0) is 9.53 Å². The van der Waals surface area contributed by atoms with E-state index in [1.54, 1.807) is 24.5 Å². The van der Waals surface area contributed by atoms with Crippen LogP contribution in [-0.4, -0.2) is 47.6 Å². The second kappa shape index (κ2) is 8.46. The summed E-state index contributed by atoms with van der Waals surface area (Å²) in [6.45, 7) is 0.657. The van der Waals surface area contributed by atoms with Gasteiger partial charge in [0.15, 0.2) is 0 Å². The Morgan fingerprint density at radius 3 is 2.62 bits per heavy atom. The summed E-state index contributed by atoms with van der Waals surface area (Å²) >= 11 is 0. The Balaban J connectivity index is 1.32. The van der Waals surface area contributed by atoms with Crippen LogP contribution in [0.1, 0.15) is 41.8 Å². The Morgan fingerprint density at radius 2 is 2.00 bits per heavy atom. The van der Waals surface area contributed by atoms with Crippen LogP contribution in [0.5, 0.6) is 0 Å². The van der Waals surface area contributed by atoms with Crippen LogP contribution in [0.3, 0.4) is 0 Å². The van der Waals surface area contributed by atoms with Crippen LogP contribution in [0.25, 0.3) is 6.08 Å². The fraction of sp³-hybridized carbons (Fsp3) is 0.429. The largest absolute Gasteiger partial charge is 0.465 e. The van der Waals surface area contributed by atoms with E-state index in [1.165, 1.54) is 25.6 Å². The van der Waals surface area contributed by atoms with Crippen LogP contribution >= 0.6 is 0 Å². The Morgan fingerprint density at radius 1 is 1.28 bits per heavy atom. The number of anilines is 1. The average molecular weight is 396 g/mol. The lowest BCUT2D eigenvalue weighted by molar-refractivity contribution is -0.116. The van der Waals surface area contributed by atoms with E-state index < -0.39 is 5.97 Å². The molecule has 4 heterocycles. The number of esters is 1. The minimum absolute atomic E-state index is 0.113. The van der Waals surface area contributed by atoms with Crippen LogP contribution < -0.4 is 10.2 Å². The molecule has 0 spiro atoms. The van der Waals surface area contributed by atoms with Gasteiger partial charge in [0, 0.05) is 37.1 Å². The number of rotatable bonds is 6. The van der Waals surface area contributed by atoms with Crippen molar-refractivity contribution in [2.75, 3.05) is 18.6 Å². The number of furan rings is 1. The van der Waals surface area contributed by atoms with Gasteiger partial charge in [-0.15, -0.1) is 0 Å². The summed E-state index contributed by atoms with van der Waals surface area (Å²) in [5.41, 5.74) is 0.351. The quantitative estimate of drug-likeness (QED) is 0.591. The van der Waals surface area contributed by atoms with Gasteiger partial charge in [-0.25, -0.2) is 14.8 Å². The number of fused-ring (bicyclic) bond motifs is 2. The van der Waals surface area contributed by atoms with Crippen molar-refractivity contribution in [3.8, 4) is 0 Å². The van der Waals surface area contributed by atoms with Crippen LogP contribution in [0.15, 0.2) is 41.3 Å². The fourth-order valence-electron chi connectivity index (χ4n) is 4.31. The van der Waals surface area contributed by atoms with Gasteiger partial charge >= 0.3 is 5.97 Å². The van der Waals surface area contributed by atoms with Crippen molar-refractivity contribution in [3.63, 3.8) is 0 Å². The molecule has 0 saturated carbocycles. The maximum absolute atomic E-state index is 12.0. The number of hydrogen-bond donors (Lipinski definition) is 1. The molecule has 1 N–H and O–H groups in total. The van der Waals surface area contributed by atoms with E-state index in [0.717, 1.165) is 25.7 Å². The molecule has 2 aromatic rings. The monoisotopic (exact) mass is 396 g/mol. The standard InChI is InChI=1S/C21H24N4O4/c1-28-20(27)15-12-23-21(24-13-15)25-16-4-5-17(25)10-14(9-16)11-22-19(26)7-6-18-3-2-8-29-18/h2-3,6-8,12-14,16-17H,4-5,9-11H2,1H3,(H,22,26)/t14?,16-,17+. The molecule has 2 bridgehead atoms. The smallest absolute Gasteiger partial charge is 0.341 e. The van der Waals surface area contributed by atoms with E-state index in [1.807, 2.05) is 0 Å². The van der Waals surface area contributed by atoms with Crippen LogP contribution in [0, 0.1) is 5.92 Å². The van der Waals surface area contributed by atoms with E-state index in [0.29, 0.717) is 41.8 Å². The van der Waals surface area contributed by atoms with E-state index >= 15 is 0 Å². The molecule has 1 amide bonds. The first kappa shape index (κ1) is 19.2. The topological polar surface area (TPSA) is 97.6 Å². The van der Waals surface area contributed by atoms with Crippen molar-refractivity contribution in [1.82, 2.24) is 15.3 Å². The highest BCUT2D eigenvalue weighted by atomic mass is 16.5. The summed E-state index contributed by atoms with van der Waals surface area (Å²) in [6.07, 6.45) is 11.9. The summed E-state index contributed by atoms with van der Waals surface area (Å²) in [6, 6.07) is 4.31. The molecule has 8 nitrogen and oxygen atoms in total. The third-order valence-corrected chi connectivity index (χ3v) is 5.63. The van der Waals surface area contributed by atoms with Gasteiger partial charge in [0.2, 0.25) is 11.9 Å². The number of methoxy groups -OCH3 is 1. The van der Waals surface area contributed by atoms with E-state index in [-0.39, 0.29) is 5.91 Å². The molecule has 29 heavy (non-hydrogen) atoms. The van der Waals surface area contributed by atoms with Crippen molar-refractivity contribution < 1.29 is 18.7 Å². The number of hydrogen-bond acceptors (Lipinski definition) is 7. The maximum Gasteiger partial charge on any atom is 0.341 e. The summed E-state index contributed by atoms with van der Waals surface area (Å²) in [5, 5.41) is 3.00. The van der Waals surface area contributed by atoms with Crippen molar-refractivity contribution in [2.45, 2.75) is 37.8 Å². The third-order valence-electron chi connectivity index (χ3n) is 5.63. The summed E-state index contributed by atoms with van der Waals surface area (Å²) in [4.78, 5) is 34.7. The van der Waals surface area contributed by atoms with Gasteiger partial charge in [0.1, 0.15) is 5.76 Å². The van der Waals surface area contributed by atoms with Crippen molar-refractivity contribution in [2.24, 2.45) is 5.92 Å². The number of amides is 1. The lowest BCUT2D eigenvalue weighted by Gasteiger charge is -2.39. The predicted octanol–water partition coefficient (Wildman–Crippen LogP) is 2.43. The third kappa shape index (κ3) is 4.31. The maximum atomic E-state index is 12.0. The zero-order valence-corrected chi connectivity index (χ0v) is 16.3. The number of nitrogens with zero attached hydrogens (tertiary/aromatic N) is 3. The minimum Gasteiger partial charge on any atom is -0.465 e. The Bertz CT molecular complexity index is 865. The molecule has 152 valence electrons. The first-order valence-corrected chi connectivity index (χ1v) is 9.82. The number of aromatic nitrogens is 2. The molecule has 2 saturated heterocycles. The van der Waals surface area contributed by atoms with Gasteiger partial charge < -0.3 is 19.4 Å². The van der Waals surface area contributed by atoms with Gasteiger partial charge in [0.25, 0.3) is 0 Å². The molecule has 0 aromatic carbocycles. The minimum atomic E-state index is -0.435.